The number of nitrogens with one attached hydrogen (secondary N) is 1. The van der Waals surface area contributed by atoms with E-state index < -0.39 is 5.54 Å². The van der Waals surface area contributed by atoms with Crippen molar-refractivity contribution >= 4 is 11.6 Å². The fourth-order valence-corrected chi connectivity index (χ4v) is 1.85. The molecule has 1 aromatic rings. The Morgan fingerprint density at radius 3 is 2.47 bits per heavy atom. The highest BCUT2D eigenvalue weighted by molar-refractivity contribution is 5.88. The lowest BCUT2D eigenvalue weighted by atomic mass is 9.94. The number of benzene rings is 1. The average molecular weight is 204 g/mol. The minimum absolute atomic E-state index is 0.270. The maximum atomic E-state index is 11.5. The van der Waals surface area contributed by atoms with Gasteiger partial charge in [-0.05, 0) is 37.8 Å². The molecule has 0 bridgehead atoms. The van der Waals surface area contributed by atoms with Crippen LogP contribution < -0.4 is 11.1 Å². The predicted molar refractivity (Wildman–Crippen MR) is 60.4 cm³/mol. The van der Waals surface area contributed by atoms with Crippen LogP contribution >= 0.6 is 0 Å². The number of primary amides is 1. The molecule has 0 aromatic heterocycles. The molecule has 0 spiro atoms. The lowest BCUT2D eigenvalue weighted by molar-refractivity contribution is -0.122. The molecule has 1 aromatic carbocycles. The maximum Gasteiger partial charge on any atom is 0.243 e. The molecular formula is C12H16N2O. The summed E-state index contributed by atoms with van der Waals surface area (Å²) in [5.41, 5.74) is 5.81. The van der Waals surface area contributed by atoms with Crippen molar-refractivity contribution in [1.82, 2.24) is 0 Å². The van der Waals surface area contributed by atoms with Crippen LogP contribution in [0.5, 0.6) is 0 Å². The molecule has 3 heteroatoms. The van der Waals surface area contributed by atoms with Crippen molar-refractivity contribution in [3.05, 3.63) is 30.3 Å². The molecule has 80 valence electrons. The maximum absolute atomic E-state index is 11.5. The van der Waals surface area contributed by atoms with Gasteiger partial charge in [-0.15, -0.1) is 0 Å². The zero-order valence-corrected chi connectivity index (χ0v) is 8.86. The Morgan fingerprint density at radius 2 is 2.00 bits per heavy atom. The van der Waals surface area contributed by atoms with Crippen molar-refractivity contribution in [3.8, 4) is 0 Å². The van der Waals surface area contributed by atoms with Crippen LogP contribution in [0.1, 0.15) is 19.8 Å². The minimum Gasteiger partial charge on any atom is -0.371 e. The Balaban J connectivity index is 2.17. The van der Waals surface area contributed by atoms with Gasteiger partial charge in [0.25, 0.3) is 0 Å². The van der Waals surface area contributed by atoms with Gasteiger partial charge >= 0.3 is 0 Å². The summed E-state index contributed by atoms with van der Waals surface area (Å²) >= 11 is 0. The van der Waals surface area contributed by atoms with Crippen molar-refractivity contribution in [3.63, 3.8) is 0 Å². The second-order valence-electron chi connectivity index (χ2n) is 4.33. The summed E-state index contributed by atoms with van der Waals surface area (Å²) in [6.07, 6.45) is 2.17. The highest BCUT2D eigenvalue weighted by Gasteiger charge is 2.46. The Bertz CT molecular complexity index is 359. The first-order valence-electron chi connectivity index (χ1n) is 5.26. The smallest absolute Gasteiger partial charge is 0.243 e. The lowest BCUT2D eigenvalue weighted by Gasteiger charge is -2.28. The van der Waals surface area contributed by atoms with Gasteiger partial charge in [0.15, 0.2) is 0 Å². The Morgan fingerprint density at radius 1 is 1.40 bits per heavy atom. The third-order valence-electron chi connectivity index (χ3n) is 3.08. The van der Waals surface area contributed by atoms with Crippen LogP contribution in [0.2, 0.25) is 0 Å². The van der Waals surface area contributed by atoms with Crippen LogP contribution in [-0.2, 0) is 4.79 Å². The number of rotatable bonds is 4. The first kappa shape index (κ1) is 10.0. The molecule has 1 aliphatic carbocycles. The number of amides is 1. The summed E-state index contributed by atoms with van der Waals surface area (Å²) in [5.74, 6) is 0.115. The van der Waals surface area contributed by atoms with E-state index in [1.165, 1.54) is 0 Å². The highest BCUT2D eigenvalue weighted by atomic mass is 16.1. The number of anilines is 1. The second kappa shape index (κ2) is 3.57. The molecule has 1 amide bonds. The normalized spacial score (nSPS) is 19.3. The fraction of sp³-hybridized carbons (Fsp3) is 0.417. The first-order valence-corrected chi connectivity index (χ1v) is 5.26. The topological polar surface area (TPSA) is 55.1 Å². The van der Waals surface area contributed by atoms with E-state index in [0.29, 0.717) is 5.92 Å². The standard InChI is InChI=1S/C12H16N2O/c1-12(11(13)15,9-7-8-9)14-10-5-3-2-4-6-10/h2-6,9,14H,7-8H2,1H3,(H2,13,15). The van der Waals surface area contributed by atoms with Crippen LogP contribution in [0.4, 0.5) is 5.69 Å². The Kier molecular flexibility index (Phi) is 2.39. The second-order valence-corrected chi connectivity index (χ2v) is 4.33. The molecule has 15 heavy (non-hydrogen) atoms. The van der Waals surface area contributed by atoms with E-state index >= 15 is 0 Å². The molecule has 1 unspecified atom stereocenters. The van der Waals surface area contributed by atoms with E-state index in [1.807, 2.05) is 37.3 Å². The molecule has 1 fully saturated rings. The van der Waals surface area contributed by atoms with E-state index in [0.717, 1.165) is 18.5 Å². The number of para-hydroxylation sites is 1. The summed E-state index contributed by atoms with van der Waals surface area (Å²) in [5, 5.41) is 3.24. The number of hydrogen-bond acceptors (Lipinski definition) is 2. The molecule has 2 rings (SSSR count). The van der Waals surface area contributed by atoms with Crippen LogP contribution in [-0.4, -0.2) is 11.4 Å². The Hall–Kier alpha value is -1.51. The Labute approximate surface area is 89.7 Å². The molecule has 3 N–H and O–H groups in total. The molecule has 0 heterocycles. The number of carbonyl (C=O) groups is 1. The fourth-order valence-electron chi connectivity index (χ4n) is 1.85. The SMILES string of the molecule is CC(Nc1ccccc1)(C(N)=O)C1CC1. The van der Waals surface area contributed by atoms with Crippen molar-refractivity contribution in [2.24, 2.45) is 11.7 Å². The molecule has 1 atom stereocenters. The predicted octanol–water partition coefficient (Wildman–Crippen LogP) is 1.75. The summed E-state index contributed by atoms with van der Waals surface area (Å²) in [6, 6.07) is 9.73. The summed E-state index contributed by atoms with van der Waals surface area (Å²) < 4.78 is 0. The third kappa shape index (κ3) is 1.96. The molecule has 0 aliphatic heterocycles. The van der Waals surface area contributed by atoms with Crippen molar-refractivity contribution in [2.75, 3.05) is 5.32 Å². The van der Waals surface area contributed by atoms with Gasteiger partial charge in [0.05, 0.1) is 0 Å². The number of hydrogen-bond donors (Lipinski definition) is 2. The quantitative estimate of drug-likeness (QED) is 0.785. The average Bonchev–Trinajstić information content (AvgIpc) is 3.02. The third-order valence-corrected chi connectivity index (χ3v) is 3.08. The zero-order valence-electron chi connectivity index (χ0n) is 8.86. The van der Waals surface area contributed by atoms with Gasteiger partial charge in [0.2, 0.25) is 5.91 Å². The molecule has 0 saturated heterocycles. The van der Waals surface area contributed by atoms with E-state index in [-0.39, 0.29) is 5.91 Å². The van der Waals surface area contributed by atoms with Crippen molar-refractivity contribution < 1.29 is 4.79 Å². The first-order chi connectivity index (χ1) is 7.13. The number of carbonyl (C=O) groups excluding carboxylic acids is 1. The van der Waals surface area contributed by atoms with E-state index in [4.69, 9.17) is 5.73 Å². The van der Waals surface area contributed by atoms with Gasteiger partial charge in [0.1, 0.15) is 5.54 Å². The van der Waals surface area contributed by atoms with Crippen LogP contribution in [0.15, 0.2) is 30.3 Å². The highest BCUT2D eigenvalue weighted by Crippen LogP contribution is 2.41. The summed E-state index contributed by atoms with van der Waals surface area (Å²) in [6.45, 7) is 1.89. The van der Waals surface area contributed by atoms with Gasteiger partial charge < -0.3 is 11.1 Å². The minimum atomic E-state index is -0.596. The van der Waals surface area contributed by atoms with Gasteiger partial charge in [-0.25, -0.2) is 0 Å². The molecule has 3 nitrogen and oxygen atoms in total. The van der Waals surface area contributed by atoms with Crippen LogP contribution in [0.3, 0.4) is 0 Å². The van der Waals surface area contributed by atoms with E-state index in [9.17, 15) is 4.79 Å². The molecular weight excluding hydrogens is 188 g/mol. The summed E-state index contributed by atoms with van der Waals surface area (Å²) in [7, 11) is 0. The van der Waals surface area contributed by atoms with E-state index in [1.54, 1.807) is 0 Å². The van der Waals surface area contributed by atoms with Gasteiger partial charge in [-0.3, -0.25) is 4.79 Å². The number of nitrogens with two attached hydrogens (primary N) is 1. The van der Waals surface area contributed by atoms with Crippen molar-refractivity contribution in [1.29, 1.82) is 0 Å². The lowest BCUT2D eigenvalue weighted by Crippen LogP contribution is -2.49. The van der Waals surface area contributed by atoms with Crippen LogP contribution in [0, 0.1) is 5.92 Å². The van der Waals surface area contributed by atoms with Crippen LogP contribution in [0.25, 0.3) is 0 Å². The monoisotopic (exact) mass is 204 g/mol. The van der Waals surface area contributed by atoms with Gasteiger partial charge in [0, 0.05) is 5.69 Å². The molecule has 1 saturated carbocycles. The van der Waals surface area contributed by atoms with Gasteiger partial charge in [-0.2, -0.15) is 0 Å². The molecule has 1 aliphatic rings. The largest absolute Gasteiger partial charge is 0.371 e. The van der Waals surface area contributed by atoms with E-state index in [2.05, 4.69) is 5.32 Å². The zero-order chi connectivity index (χ0) is 10.9. The summed E-state index contributed by atoms with van der Waals surface area (Å²) in [4.78, 5) is 11.5. The van der Waals surface area contributed by atoms with Crippen molar-refractivity contribution in [2.45, 2.75) is 25.3 Å². The van der Waals surface area contributed by atoms with Gasteiger partial charge in [-0.1, -0.05) is 18.2 Å². The molecule has 0 radical (unpaired) electrons.